The van der Waals surface area contributed by atoms with Crippen molar-refractivity contribution in [3.63, 3.8) is 0 Å². The zero-order valence-electron chi connectivity index (χ0n) is 14.9. The second kappa shape index (κ2) is 14.9. The Morgan fingerprint density at radius 1 is 0.429 bits per heavy atom. The Morgan fingerprint density at radius 3 is 0.821 bits per heavy atom. The van der Waals surface area contributed by atoms with Crippen LogP contribution in [0.3, 0.4) is 0 Å². The average molecular weight is 491 g/mol. The average Bonchev–Trinajstić information content (AvgIpc) is 2.46. The van der Waals surface area contributed by atoms with Crippen LogP contribution in [0.2, 0.25) is 0 Å². The van der Waals surface area contributed by atoms with E-state index < -0.39 is 62.6 Å². The van der Waals surface area contributed by atoms with Gasteiger partial charge < -0.3 is 25.5 Å². The summed E-state index contributed by atoms with van der Waals surface area (Å²) in [4.78, 5) is 57.6. The van der Waals surface area contributed by atoms with E-state index in [2.05, 4.69) is 0 Å². The summed E-state index contributed by atoms with van der Waals surface area (Å²) < 4.78 is 0. The molecule has 0 heterocycles. The summed E-state index contributed by atoms with van der Waals surface area (Å²) in [7, 11) is 0. The number of rotatable bonds is 16. The topological polar surface area (TPSA) is 196 Å². The Kier molecular flexibility index (Phi) is 14.9. The molecule has 5 N–H and O–H groups in total. The normalized spacial score (nSPS) is 10.7. The van der Waals surface area contributed by atoms with Crippen LogP contribution in [0.5, 0.6) is 0 Å². The second-order valence-electron chi connectivity index (χ2n) is 5.67. The number of carboxylic acid groups (broad SMARTS) is 5. The van der Waals surface area contributed by atoms with Crippen molar-refractivity contribution >= 4 is 29.8 Å². The van der Waals surface area contributed by atoms with Crippen LogP contribution in [0.1, 0.15) is 0 Å². The first-order chi connectivity index (χ1) is 12.5. The Hall–Kier alpha value is -2.12. The predicted octanol–water partition coefficient (Wildman–Crippen LogP) is -2.69. The third-order valence-electron chi connectivity index (χ3n) is 3.26. The molecule has 0 rings (SSSR count). The van der Waals surface area contributed by atoms with Crippen molar-refractivity contribution < 1.29 is 69.6 Å². The van der Waals surface area contributed by atoms with Crippen molar-refractivity contribution in [2.75, 3.05) is 58.9 Å². The number of hydrogen-bond acceptors (Lipinski definition) is 8. The molecule has 1 radical (unpaired) electrons. The summed E-state index contributed by atoms with van der Waals surface area (Å²) in [5, 5.41) is 44.1. The number of carbonyl (C=O) groups is 5. The molecule has 0 aromatic carbocycles. The minimum absolute atomic E-state index is 0. The van der Waals surface area contributed by atoms with Crippen LogP contribution >= 0.6 is 0 Å². The number of hydrogen-bond donors (Lipinski definition) is 5. The van der Waals surface area contributed by atoms with E-state index in [1.54, 1.807) is 0 Å². The molecule has 0 fully saturated rings. The quantitative estimate of drug-likeness (QED) is 0.150. The molecule has 0 bridgehead atoms. The van der Waals surface area contributed by atoms with Crippen molar-refractivity contribution in [2.45, 2.75) is 0 Å². The molecule has 0 saturated heterocycles. The van der Waals surface area contributed by atoms with E-state index in [1.165, 1.54) is 4.90 Å². The third kappa shape index (κ3) is 16.1. The molecule has 0 aromatic rings. The maximum atomic E-state index is 11.0. The first-order valence-electron chi connectivity index (χ1n) is 7.75. The van der Waals surface area contributed by atoms with E-state index in [1.807, 2.05) is 0 Å². The maximum Gasteiger partial charge on any atom is 0.317 e. The second-order valence-corrected chi connectivity index (χ2v) is 5.67. The molecule has 0 aliphatic carbocycles. The van der Waals surface area contributed by atoms with Gasteiger partial charge >= 0.3 is 29.8 Å². The molecule has 0 atom stereocenters. The SMILES string of the molecule is O=C(O)CN(CCN(CC(=O)O)CC(=O)O)CCN(CC(=O)O)CC(=O)O.[Tc]. The van der Waals surface area contributed by atoms with Gasteiger partial charge in [0.2, 0.25) is 0 Å². The van der Waals surface area contributed by atoms with Gasteiger partial charge in [-0.3, -0.25) is 38.7 Å². The number of carboxylic acids is 5. The van der Waals surface area contributed by atoms with E-state index in [0.29, 0.717) is 0 Å². The fourth-order valence-corrected chi connectivity index (χ4v) is 2.22. The molecule has 161 valence electrons. The zero-order chi connectivity index (χ0) is 21.0. The third-order valence-corrected chi connectivity index (χ3v) is 3.26. The van der Waals surface area contributed by atoms with E-state index in [0.717, 1.165) is 9.80 Å². The first-order valence-corrected chi connectivity index (χ1v) is 7.75. The summed E-state index contributed by atoms with van der Waals surface area (Å²) >= 11 is 0. The van der Waals surface area contributed by atoms with Gasteiger partial charge in [0.15, 0.2) is 0 Å². The minimum Gasteiger partial charge on any atom is -0.480 e. The van der Waals surface area contributed by atoms with Gasteiger partial charge in [0, 0.05) is 46.3 Å². The zero-order valence-corrected chi connectivity index (χ0v) is 16.7. The molecule has 0 saturated carbocycles. The summed E-state index contributed by atoms with van der Waals surface area (Å²) in [5.41, 5.74) is 0. The van der Waals surface area contributed by atoms with E-state index in [9.17, 15) is 24.0 Å². The summed E-state index contributed by atoms with van der Waals surface area (Å²) in [5.74, 6) is -6.16. The van der Waals surface area contributed by atoms with E-state index in [4.69, 9.17) is 25.5 Å². The van der Waals surface area contributed by atoms with Crippen LogP contribution in [0.4, 0.5) is 0 Å². The van der Waals surface area contributed by atoms with Crippen LogP contribution in [-0.4, -0.2) is 129 Å². The van der Waals surface area contributed by atoms with Crippen molar-refractivity contribution in [3.05, 3.63) is 0 Å². The molecule has 13 nitrogen and oxygen atoms in total. The van der Waals surface area contributed by atoms with Gasteiger partial charge in [-0.15, -0.1) is 0 Å². The van der Waals surface area contributed by atoms with Gasteiger partial charge in [0.25, 0.3) is 0 Å². The summed E-state index contributed by atoms with van der Waals surface area (Å²) in [6.45, 7) is -2.74. The van der Waals surface area contributed by atoms with Gasteiger partial charge in [0.1, 0.15) is 0 Å². The number of nitrogens with zero attached hydrogens (tertiary/aromatic N) is 3. The first kappa shape index (κ1) is 28.1. The van der Waals surface area contributed by atoms with Crippen molar-refractivity contribution in [1.82, 2.24) is 14.7 Å². The van der Waals surface area contributed by atoms with Crippen molar-refractivity contribution in [2.24, 2.45) is 0 Å². The molecular weight excluding hydrogens is 468 g/mol. The standard InChI is InChI=1S/C14H23N3O10.Tc/c18-10(19)5-15(1-3-16(6-11(20)21)7-12(22)23)2-4-17(8-13(24)25)9-14(26)27;/h1-9H2,(H,18,19)(H,20,21)(H,22,23)(H,24,25)(H,26,27);. The van der Waals surface area contributed by atoms with Crippen LogP contribution < -0.4 is 0 Å². The Labute approximate surface area is 173 Å². The monoisotopic (exact) mass is 490 g/mol. The van der Waals surface area contributed by atoms with Crippen LogP contribution in [0, 0.1) is 0 Å². The number of aliphatic carboxylic acids is 5. The minimum atomic E-state index is -1.24. The maximum absolute atomic E-state index is 11.0. The fraction of sp³-hybridized carbons (Fsp3) is 0.643. The molecular formula is C14H23N3O10Tc. The molecule has 0 spiro atoms. The Bertz CT molecular complexity index is 487. The fourth-order valence-electron chi connectivity index (χ4n) is 2.22. The molecule has 0 aliphatic rings. The van der Waals surface area contributed by atoms with Gasteiger partial charge in [-0.25, -0.2) is 0 Å². The van der Waals surface area contributed by atoms with Crippen molar-refractivity contribution in [3.8, 4) is 0 Å². The summed E-state index contributed by atoms with van der Waals surface area (Å²) in [6.07, 6.45) is 0. The van der Waals surface area contributed by atoms with Gasteiger partial charge in [-0.05, 0) is 0 Å². The molecule has 0 amide bonds. The van der Waals surface area contributed by atoms with E-state index >= 15 is 0 Å². The molecule has 28 heavy (non-hydrogen) atoms. The Morgan fingerprint density at radius 2 is 0.607 bits per heavy atom. The predicted molar refractivity (Wildman–Crippen MR) is 87.5 cm³/mol. The Balaban J connectivity index is 0. The molecule has 0 aliphatic heterocycles. The summed E-state index contributed by atoms with van der Waals surface area (Å²) in [6, 6.07) is 0. The van der Waals surface area contributed by atoms with Crippen LogP contribution in [-0.2, 0) is 44.1 Å². The van der Waals surface area contributed by atoms with Gasteiger partial charge in [-0.2, -0.15) is 0 Å². The van der Waals surface area contributed by atoms with Crippen LogP contribution in [0.15, 0.2) is 0 Å². The smallest absolute Gasteiger partial charge is 0.317 e. The molecule has 0 unspecified atom stereocenters. The van der Waals surface area contributed by atoms with Gasteiger partial charge in [-0.1, -0.05) is 0 Å². The van der Waals surface area contributed by atoms with E-state index in [-0.39, 0.29) is 46.3 Å². The van der Waals surface area contributed by atoms with Crippen molar-refractivity contribution in [1.29, 1.82) is 0 Å². The van der Waals surface area contributed by atoms with Gasteiger partial charge in [0.05, 0.1) is 32.7 Å². The van der Waals surface area contributed by atoms with Crippen LogP contribution in [0.25, 0.3) is 0 Å². The largest absolute Gasteiger partial charge is 0.480 e. The molecule has 14 heteroatoms. The molecule has 0 aromatic heterocycles.